The molecule has 8 heteroatoms. The van der Waals surface area contributed by atoms with Gasteiger partial charge in [-0.25, -0.2) is 0 Å². The Morgan fingerprint density at radius 2 is 1.69 bits per heavy atom. The lowest BCUT2D eigenvalue weighted by atomic mass is 9.99. The third-order valence-electron chi connectivity index (χ3n) is 5.67. The summed E-state index contributed by atoms with van der Waals surface area (Å²) >= 11 is 0. The second-order valence-electron chi connectivity index (χ2n) is 7.81. The first kappa shape index (κ1) is 22.1. The van der Waals surface area contributed by atoms with Crippen LogP contribution in [0.1, 0.15) is 51.0 Å². The van der Waals surface area contributed by atoms with Crippen molar-refractivity contribution in [1.29, 1.82) is 0 Å². The van der Waals surface area contributed by atoms with Gasteiger partial charge < -0.3 is 10.1 Å². The van der Waals surface area contributed by atoms with Gasteiger partial charge in [-0.05, 0) is 50.3 Å². The van der Waals surface area contributed by atoms with Gasteiger partial charge in [0.15, 0.2) is 0 Å². The van der Waals surface area contributed by atoms with Gasteiger partial charge in [0.25, 0.3) is 10.2 Å². The Labute approximate surface area is 174 Å². The molecule has 162 valence electrons. The Kier molecular flexibility index (Phi) is 7.91. The van der Waals surface area contributed by atoms with Gasteiger partial charge in [0.05, 0.1) is 12.5 Å². The predicted octanol–water partition coefficient (Wildman–Crippen LogP) is 2.53. The number of rotatable bonds is 7. The summed E-state index contributed by atoms with van der Waals surface area (Å²) in [6.07, 6.45) is 5.44. The maximum atomic E-state index is 13.0. The highest BCUT2D eigenvalue weighted by atomic mass is 32.2. The van der Waals surface area contributed by atoms with E-state index in [1.54, 1.807) is 4.31 Å². The summed E-state index contributed by atoms with van der Waals surface area (Å²) in [5.41, 5.74) is 0.992. The van der Waals surface area contributed by atoms with E-state index in [4.69, 9.17) is 4.74 Å². The summed E-state index contributed by atoms with van der Waals surface area (Å²) in [5.74, 6) is 0.437. The maximum Gasteiger partial charge on any atom is 0.281 e. The number of nitrogens with zero attached hydrogens (tertiary/aromatic N) is 2. The predicted molar refractivity (Wildman–Crippen MR) is 113 cm³/mol. The van der Waals surface area contributed by atoms with Crippen molar-refractivity contribution >= 4 is 16.1 Å². The lowest BCUT2D eigenvalue weighted by Gasteiger charge is -2.34. The van der Waals surface area contributed by atoms with Gasteiger partial charge in [-0.1, -0.05) is 25.0 Å². The molecule has 2 aliphatic heterocycles. The Balaban J connectivity index is 1.54. The third kappa shape index (κ3) is 5.93. The van der Waals surface area contributed by atoms with Crippen LogP contribution in [0.4, 0.5) is 0 Å². The van der Waals surface area contributed by atoms with Crippen molar-refractivity contribution in [3.8, 4) is 5.75 Å². The highest BCUT2D eigenvalue weighted by Crippen LogP contribution is 2.23. The van der Waals surface area contributed by atoms with Gasteiger partial charge in [-0.3, -0.25) is 4.79 Å². The number of ether oxygens (including phenoxy) is 1. The van der Waals surface area contributed by atoms with E-state index in [0.717, 1.165) is 43.4 Å². The molecule has 0 unspecified atom stereocenters. The number of piperidine rings is 1. The van der Waals surface area contributed by atoms with Gasteiger partial charge >= 0.3 is 0 Å². The summed E-state index contributed by atoms with van der Waals surface area (Å²) in [5, 5.41) is 2.97. The highest BCUT2D eigenvalue weighted by molar-refractivity contribution is 7.86. The molecule has 1 amide bonds. The van der Waals surface area contributed by atoms with E-state index in [1.165, 1.54) is 4.31 Å². The molecule has 0 saturated carbocycles. The largest absolute Gasteiger partial charge is 0.494 e. The quantitative estimate of drug-likeness (QED) is 0.731. The van der Waals surface area contributed by atoms with Crippen molar-refractivity contribution in [2.75, 3.05) is 32.8 Å². The summed E-state index contributed by atoms with van der Waals surface area (Å²) in [6.45, 7) is 4.94. The zero-order valence-corrected chi connectivity index (χ0v) is 18.1. The van der Waals surface area contributed by atoms with Gasteiger partial charge in [0.1, 0.15) is 5.75 Å². The molecule has 1 N–H and O–H groups in total. The zero-order chi connectivity index (χ0) is 20.7. The number of hydrogen-bond acceptors (Lipinski definition) is 4. The van der Waals surface area contributed by atoms with Crippen LogP contribution in [-0.2, 0) is 21.5 Å². The molecule has 1 aromatic carbocycles. The van der Waals surface area contributed by atoms with Gasteiger partial charge in [0, 0.05) is 32.7 Å². The first-order chi connectivity index (χ1) is 14.0. The van der Waals surface area contributed by atoms with Gasteiger partial charge in [-0.2, -0.15) is 17.0 Å². The molecule has 7 nitrogen and oxygen atoms in total. The molecule has 1 atom stereocenters. The zero-order valence-electron chi connectivity index (χ0n) is 17.3. The second kappa shape index (κ2) is 10.4. The standard InChI is InChI=1S/C21H33N3O4S/c1-2-28-20-11-9-18(10-12-20)16-22-21(25)19-8-7-15-24(17-19)29(26,27)23-13-5-3-4-6-14-23/h9-12,19H,2-8,13-17H2,1H3,(H,22,25)/t19-/m0/s1. The average Bonchev–Trinajstić information content (AvgIpc) is 3.03. The molecule has 2 heterocycles. The van der Waals surface area contributed by atoms with Crippen LogP contribution in [0.15, 0.2) is 24.3 Å². The van der Waals surface area contributed by atoms with Crippen molar-refractivity contribution in [1.82, 2.24) is 13.9 Å². The molecule has 29 heavy (non-hydrogen) atoms. The molecular weight excluding hydrogens is 390 g/mol. The van der Waals surface area contributed by atoms with Crippen molar-refractivity contribution < 1.29 is 17.9 Å². The fraction of sp³-hybridized carbons (Fsp3) is 0.667. The number of amides is 1. The van der Waals surface area contributed by atoms with Crippen LogP contribution in [0.25, 0.3) is 0 Å². The van der Waals surface area contributed by atoms with Crippen LogP contribution in [0.5, 0.6) is 5.75 Å². The second-order valence-corrected chi connectivity index (χ2v) is 9.74. The molecular formula is C21H33N3O4S. The third-order valence-corrected chi connectivity index (χ3v) is 7.68. The van der Waals surface area contributed by atoms with Crippen molar-refractivity contribution in [3.63, 3.8) is 0 Å². The minimum absolute atomic E-state index is 0.0744. The van der Waals surface area contributed by atoms with Crippen molar-refractivity contribution in [2.45, 2.75) is 52.0 Å². The average molecular weight is 424 g/mol. The fourth-order valence-electron chi connectivity index (χ4n) is 4.01. The molecule has 0 bridgehead atoms. The smallest absolute Gasteiger partial charge is 0.281 e. The molecule has 1 aromatic rings. The Morgan fingerprint density at radius 3 is 2.34 bits per heavy atom. The molecule has 2 saturated heterocycles. The number of carbonyl (C=O) groups excluding carboxylic acids is 1. The summed E-state index contributed by atoms with van der Waals surface area (Å²) in [4.78, 5) is 12.7. The van der Waals surface area contributed by atoms with Crippen LogP contribution in [0.2, 0.25) is 0 Å². The molecule has 0 aliphatic carbocycles. The van der Waals surface area contributed by atoms with Crippen molar-refractivity contribution in [2.24, 2.45) is 5.92 Å². The van der Waals surface area contributed by atoms with E-state index >= 15 is 0 Å². The number of nitrogens with one attached hydrogen (secondary N) is 1. The van der Waals surface area contributed by atoms with Gasteiger partial charge in [-0.15, -0.1) is 0 Å². The monoisotopic (exact) mass is 423 g/mol. The Bertz CT molecular complexity index is 759. The molecule has 0 aromatic heterocycles. The number of carbonyl (C=O) groups is 1. The molecule has 2 fully saturated rings. The van der Waals surface area contributed by atoms with E-state index < -0.39 is 10.2 Å². The normalized spacial score (nSPS) is 22.0. The molecule has 3 rings (SSSR count). The van der Waals surface area contributed by atoms with E-state index in [1.807, 2.05) is 31.2 Å². The van der Waals surface area contributed by atoms with E-state index in [0.29, 0.717) is 39.2 Å². The van der Waals surface area contributed by atoms with Crippen LogP contribution < -0.4 is 10.1 Å². The van der Waals surface area contributed by atoms with Gasteiger partial charge in [0.2, 0.25) is 5.91 Å². The minimum Gasteiger partial charge on any atom is -0.494 e. The van der Waals surface area contributed by atoms with E-state index in [9.17, 15) is 13.2 Å². The molecule has 0 radical (unpaired) electrons. The summed E-state index contributed by atoms with van der Waals surface area (Å²) in [6, 6.07) is 7.65. The Hall–Kier alpha value is -1.64. The van der Waals surface area contributed by atoms with E-state index in [-0.39, 0.29) is 18.4 Å². The topological polar surface area (TPSA) is 79.0 Å². The number of hydrogen-bond donors (Lipinski definition) is 1. The lowest BCUT2D eigenvalue weighted by Crippen LogP contribution is -2.50. The first-order valence-electron chi connectivity index (χ1n) is 10.8. The maximum absolute atomic E-state index is 13.0. The summed E-state index contributed by atoms with van der Waals surface area (Å²) in [7, 11) is -3.48. The number of benzene rings is 1. The van der Waals surface area contributed by atoms with Crippen LogP contribution in [-0.4, -0.2) is 55.7 Å². The SMILES string of the molecule is CCOc1ccc(CNC(=O)[C@H]2CCCN(S(=O)(=O)N3CCCCCC3)C2)cc1. The molecule has 2 aliphatic rings. The van der Waals surface area contributed by atoms with E-state index in [2.05, 4.69) is 5.32 Å². The van der Waals surface area contributed by atoms with Crippen LogP contribution in [0, 0.1) is 5.92 Å². The highest BCUT2D eigenvalue weighted by Gasteiger charge is 2.35. The van der Waals surface area contributed by atoms with Crippen LogP contribution >= 0.6 is 0 Å². The fourth-order valence-corrected chi connectivity index (χ4v) is 5.78. The summed E-state index contributed by atoms with van der Waals surface area (Å²) < 4.78 is 34.6. The first-order valence-corrected chi connectivity index (χ1v) is 12.1. The Morgan fingerprint density at radius 1 is 1.03 bits per heavy atom. The molecule has 0 spiro atoms. The van der Waals surface area contributed by atoms with Crippen molar-refractivity contribution in [3.05, 3.63) is 29.8 Å². The van der Waals surface area contributed by atoms with Crippen LogP contribution in [0.3, 0.4) is 0 Å². The lowest BCUT2D eigenvalue weighted by molar-refractivity contribution is -0.126. The minimum atomic E-state index is -3.48.